The highest BCUT2D eigenvalue weighted by Crippen LogP contribution is 2.20. The van der Waals surface area contributed by atoms with Crippen molar-refractivity contribution in [2.45, 2.75) is 26.5 Å². The number of hydrogen-bond donors (Lipinski definition) is 1. The highest BCUT2D eigenvalue weighted by molar-refractivity contribution is 5.46. The van der Waals surface area contributed by atoms with Gasteiger partial charge in [0.05, 0.1) is 17.8 Å². The molecule has 0 aliphatic rings. The van der Waals surface area contributed by atoms with Crippen molar-refractivity contribution in [1.82, 2.24) is 9.78 Å². The standard InChI is InChI=1S/C16H18FN3O/c1-12(2)20-9-7-15(19-20)11-21-16-6-5-14(17)10-13(16)4-3-8-18/h5-7,9-10,12H,8,11,18H2,1-2H3. The fraction of sp³-hybridized carbons (Fsp3) is 0.312. The third kappa shape index (κ3) is 4.07. The van der Waals surface area contributed by atoms with Gasteiger partial charge in [-0.05, 0) is 38.1 Å². The molecule has 0 saturated carbocycles. The molecular weight excluding hydrogens is 269 g/mol. The van der Waals surface area contributed by atoms with E-state index in [1.54, 1.807) is 6.07 Å². The van der Waals surface area contributed by atoms with E-state index in [1.165, 1.54) is 12.1 Å². The van der Waals surface area contributed by atoms with Crippen LogP contribution in [0.1, 0.15) is 31.1 Å². The van der Waals surface area contributed by atoms with Crippen LogP contribution in [-0.4, -0.2) is 16.3 Å². The van der Waals surface area contributed by atoms with Crippen LogP contribution < -0.4 is 10.5 Å². The third-order valence-corrected chi connectivity index (χ3v) is 2.83. The van der Waals surface area contributed by atoms with Gasteiger partial charge in [-0.1, -0.05) is 11.8 Å². The van der Waals surface area contributed by atoms with Crippen molar-refractivity contribution < 1.29 is 9.13 Å². The normalized spacial score (nSPS) is 10.3. The predicted octanol–water partition coefficient (Wildman–Crippen LogP) is 2.49. The fourth-order valence-electron chi connectivity index (χ4n) is 1.77. The zero-order valence-electron chi connectivity index (χ0n) is 12.1. The van der Waals surface area contributed by atoms with Crippen LogP contribution in [0.3, 0.4) is 0 Å². The molecule has 0 fully saturated rings. The number of nitrogens with zero attached hydrogens (tertiary/aromatic N) is 2. The summed E-state index contributed by atoms with van der Waals surface area (Å²) in [5.74, 6) is 5.68. The lowest BCUT2D eigenvalue weighted by atomic mass is 10.2. The van der Waals surface area contributed by atoms with Crippen LogP contribution in [0.2, 0.25) is 0 Å². The van der Waals surface area contributed by atoms with Gasteiger partial charge in [0.15, 0.2) is 0 Å². The molecule has 4 nitrogen and oxygen atoms in total. The van der Waals surface area contributed by atoms with Gasteiger partial charge in [0.1, 0.15) is 18.2 Å². The van der Waals surface area contributed by atoms with Crippen LogP contribution in [0.15, 0.2) is 30.5 Å². The Morgan fingerprint density at radius 2 is 2.19 bits per heavy atom. The lowest BCUT2D eigenvalue weighted by molar-refractivity contribution is 0.297. The van der Waals surface area contributed by atoms with Gasteiger partial charge in [-0.25, -0.2) is 4.39 Å². The van der Waals surface area contributed by atoms with Gasteiger partial charge in [-0.3, -0.25) is 4.68 Å². The van der Waals surface area contributed by atoms with E-state index in [-0.39, 0.29) is 12.4 Å². The van der Waals surface area contributed by atoms with Crippen LogP contribution in [-0.2, 0) is 6.61 Å². The van der Waals surface area contributed by atoms with E-state index in [1.807, 2.05) is 16.9 Å². The molecule has 0 unspecified atom stereocenters. The Morgan fingerprint density at radius 1 is 1.38 bits per heavy atom. The molecule has 0 radical (unpaired) electrons. The number of benzene rings is 1. The molecule has 0 aliphatic carbocycles. The monoisotopic (exact) mass is 287 g/mol. The van der Waals surface area contributed by atoms with Crippen molar-refractivity contribution in [2.75, 3.05) is 6.54 Å². The zero-order chi connectivity index (χ0) is 15.2. The highest BCUT2D eigenvalue weighted by atomic mass is 19.1. The van der Waals surface area contributed by atoms with Crippen molar-refractivity contribution in [1.29, 1.82) is 0 Å². The van der Waals surface area contributed by atoms with E-state index in [2.05, 4.69) is 30.8 Å². The topological polar surface area (TPSA) is 53.1 Å². The maximum Gasteiger partial charge on any atom is 0.135 e. The summed E-state index contributed by atoms with van der Waals surface area (Å²) in [5.41, 5.74) is 6.64. The van der Waals surface area contributed by atoms with Gasteiger partial charge in [-0.2, -0.15) is 5.10 Å². The number of hydrogen-bond acceptors (Lipinski definition) is 3. The largest absolute Gasteiger partial charge is 0.486 e. The molecule has 0 atom stereocenters. The first-order valence-electron chi connectivity index (χ1n) is 6.75. The summed E-state index contributed by atoms with van der Waals surface area (Å²) in [6.07, 6.45) is 1.91. The molecule has 2 aromatic rings. The van der Waals surface area contributed by atoms with E-state index in [0.29, 0.717) is 24.0 Å². The van der Waals surface area contributed by atoms with Crippen LogP contribution in [0.25, 0.3) is 0 Å². The summed E-state index contributed by atoms with van der Waals surface area (Å²) in [6.45, 7) is 4.63. The molecule has 21 heavy (non-hydrogen) atoms. The van der Waals surface area contributed by atoms with Gasteiger partial charge in [0, 0.05) is 12.2 Å². The van der Waals surface area contributed by atoms with Gasteiger partial charge in [0.2, 0.25) is 0 Å². The lowest BCUT2D eigenvalue weighted by Gasteiger charge is -2.07. The third-order valence-electron chi connectivity index (χ3n) is 2.83. The lowest BCUT2D eigenvalue weighted by Crippen LogP contribution is -2.04. The summed E-state index contributed by atoms with van der Waals surface area (Å²) < 4.78 is 20.8. The van der Waals surface area contributed by atoms with Crippen LogP contribution in [0.5, 0.6) is 5.75 Å². The molecule has 0 bridgehead atoms. The van der Waals surface area contributed by atoms with Gasteiger partial charge in [-0.15, -0.1) is 0 Å². The van der Waals surface area contributed by atoms with Gasteiger partial charge >= 0.3 is 0 Å². The van der Waals surface area contributed by atoms with Crippen LogP contribution in [0.4, 0.5) is 4.39 Å². The average Bonchev–Trinajstić information content (AvgIpc) is 2.93. The Balaban J connectivity index is 2.11. The SMILES string of the molecule is CC(C)n1ccc(COc2ccc(F)cc2C#CCN)n1. The summed E-state index contributed by atoms with van der Waals surface area (Å²) in [5, 5.41) is 4.40. The Labute approximate surface area is 123 Å². The molecule has 2 rings (SSSR count). The van der Waals surface area contributed by atoms with E-state index < -0.39 is 0 Å². The van der Waals surface area contributed by atoms with Gasteiger partial charge in [0.25, 0.3) is 0 Å². The molecule has 0 saturated heterocycles. The Kier molecular flexibility index (Phi) is 4.96. The number of aromatic nitrogens is 2. The summed E-state index contributed by atoms with van der Waals surface area (Å²) >= 11 is 0. The maximum absolute atomic E-state index is 13.3. The molecule has 0 spiro atoms. The summed E-state index contributed by atoms with van der Waals surface area (Å²) in [4.78, 5) is 0. The van der Waals surface area contributed by atoms with E-state index >= 15 is 0 Å². The number of rotatable bonds is 4. The minimum absolute atomic E-state index is 0.217. The molecule has 1 aromatic carbocycles. The van der Waals surface area contributed by atoms with Crippen molar-refractivity contribution in [2.24, 2.45) is 5.73 Å². The fourth-order valence-corrected chi connectivity index (χ4v) is 1.77. The first-order chi connectivity index (χ1) is 10.1. The zero-order valence-corrected chi connectivity index (χ0v) is 12.1. The first-order valence-corrected chi connectivity index (χ1v) is 6.75. The summed E-state index contributed by atoms with van der Waals surface area (Å²) in [6, 6.07) is 6.44. The molecular formula is C16H18FN3O. The Morgan fingerprint density at radius 3 is 2.86 bits per heavy atom. The maximum atomic E-state index is 13.3. The molecule has 0 aliphatic heterocycles. The van der Waals surface area contributed by atoms with Gasteiger partial charge < -0.3 is 10.5 Å². The second kappa shape index (κ2) is 6.91. The smallest absolute Gasteiger partial charge is 0.135 e. The molecule has 0 amide bonds. The molecule has 110 valence electrons. The second-order valence-corrected chi connectivity index (χ2v) is 4.82. The Hall–Kier alpha value is -2.32. The molecule has 1 aromatic heterocycles. The first kappa shape index (κ1) is 15.1. The molecule has 1 heterocycles. The minimum Gasteiger partial charge on any atom is -0.486 e. The van der Waals surface area contributed by atoms with Crippen LogP contribution in [0, 0.1) is 17.7 Å². The van der Waals surface area contributed by atoms with Crippen molar-refractivity contribution in [3.63, 3.8) is 0 Å². The quantitative estimate of drug-likeness (QED) is 0.879. The minimum atomic E-state index is -0.354. The number of nitrogens with two attached hydrogens (primary N) is 1. The number of halogens is 1. The highest BCUT2D eigenvalue weighted by Gasteiger charge is 2.06. The van der Waals surface area contributed by atoms with Crippen LogP contribution >= 0.6 is 0 Å². The van der Waals surface area contributed by atoms with E-state index in [4.69, 9.17) is 10.5 Å². The van der Waals surface area contributed by atoms with Crippen molar-refractivity contribution in [3.8, 4) is 17.6 Å². The number of ether oxygens (including phenoxy) is 1. The van der Waals surface area contributed by atoms with Crippen molar-refractivity contribution in [3.05, 3.63) is 47.5 Å². The molecule has 2 N–H and O–H groups in total. The van der Waals surface area contributed by atoms with Crippen molar-refractivity contribution >= 4 is 0 Å². The van der Waals surface area contributed by atoms with E-state index in [9.17, 15) is 4.39 Å². The second-order valence-electron chi connectivity index (χ2n) is 4.82. The Bertz CT molecular complexity index is 668. The average molecular weight is 287 g/mol. The van der Waals surface area contributed by atoms with E-state index in [0.717, 1.165) is 5.69 Å². The predicted molar refractivity (Wildman–Crippen MR) is 79.3 cm³/mol. The molecule has 5 heteroatoms. The summed E-state index contributed by atoms with van der Waals surface area (Å²) in [7, 11) is 0.